The van der Waals surface area contributed by atoms with E-state index in [9.17, 15) is 44.1 Å². The van der Waals surface area contributed by atoms with E-state index in [-0.39, 0.29) is 88.9 Å². The third kappa shape index (κ3) is 25.8. The van der Waals surface area contributed by atoms with E-state index in [4.69, 9.17) is 127 Å². The van der Waals surface area contributed by atoms with Gasteiger partial charge in [0.25, 0.3) is 0 Å². The van der Waals surface area contributed by atoms with Gasteiger partial charge in [0.1, 0.15) is 51.8 Å². The monoisotopic (exact) mass is 1710 g/mol. The average Bonchev–Trinajstić information content (AvgIpc) is 0.962. The number of hydrogen-bond donors (Lipinski definition) is 12. The number of phenolic OH excluding ortho intramolecular Hbond substituents is 1. The maximum atomic E-state index is 12.2. The van der Waals surface area contributed by atoms with Crippen molar-refractivity contribution >= 4 is 148 Å². The van der Waals surface area contributed by atoms with E-state index in [1.54, 1.807) is 183 Å². The molecule has 119 heavy (non-hydrogen) atoms. The summed E-state index contributed by atoms with van der Waals surface area (Å²) in [5, 5.41) is 50.8. The van der Waals surface area contributed by atoms with Crippen molar-refractivity contribution in [2.24, 2.45) is 34.6 Å². The van der Waals surface area contributed by atoms with Crippen LogP contribution in [0.3, 0.4) is 0 Å². The van der Waals surface area contributed by atoms with Crippen LogP contribution >= 0.6 is 58.0 Å². The first-order valence-corrected chi connectivity index (χ1v) is 37.4. The number of rotatable bonds is 21. The molecule has 0 saturated heterocycles. The van der Waals surface area contributed by atoms with Crippen LogP contribution in [0, 0.1) is 5.92 Å². The second-order valence-electron chi connectivity index (χ2n) is 26.3. The molecule has 0 atom stereocenters. The molecule has 2 saturated carbocycles. The molecule has 4 amide bonds. The van der Waals surface area contributed by atoms with E-state index in [0.717, 1.165) is 18.4 Å². The molecule has 0 unspecified atom stereocenters. The van der Waals surface area contributed by atoms with Crippen LogP contribution in [0.1, 0.15) is 129 Å². The normalized spacial score (nSPS) is 11.5. The first kappa shape index (κ1) is 93.8. The maximum absolute atomic E-state index is 12.2. The van der Waals surface area contributed by atoms with Crippen LogP contribution in [0.4, 0.5) is 11.4 Å². The quantitative estimate of drug-likeness (QED) is 0.0138. The molecule has 0 spiro atoms. The lowest BCUT2D eigenvalue weighted by Crippen LogP contribution is -2.14. The van der Waals surface area contributed by atoms with Crippen LogP contribution in [0.25, 0.3) is 43.6 Å². The van der Waals surface area contributed by atoms with E-state index in [1.165, 1.54) is 25.0 Å². The highest BCUT2D eigenvalue weighted by atomic mass is 35.5. The third-order valence-electron chi connectivity index (χ3n) is 17.7. The van der Waals surface area contributed by atoms with Gasteiger partial charge in [0.2, 0.25) is 23.6 Å². The SMILES string of the molecule is C.C.C.NC(=O)c1cc2c(Cl)ccnc2cc1CO.NC(=O)c1cc2c(Oc3ccc(CC(=O)CC4CC4)c(Cl)c3)ccnc2cc1CO.NC(=O)c1cc2c(Oc3ccc(CC(=O)Oc4ccccc4)c(Cl)c3)ccnc2cc1CO.NC(=O)c1cc2c(Oc3ccc(N)c(Cl)c3)ccnc2cc1CO.NC1CC1.Nc1ccc(O)cc1Cl. The molecule has 13 aromatic rings. The number of phenols is 1. The summed E-state index contributed by atoms with van der Waals surface area (Å²) < 4.78 is 23.1. The number of amides is 4. The van der Waals surface area contributed by atoms with Gasteiger partial charge in [-0.3, -0.25) is 48.7 Å². The van der Waals surface area contributed by atoms with Crippen molar-refractivity contribution in [2.45, 2.75) is 99.7 Å². The molecule has 2 fully saturated rings. The Morgan fingerprint density at radius 3 is 1.07 bits per heavy atom. The molecule has 4 heterocycles. The molecular weight excluding hydrogens is 1630 g/mol. The van der Waals surface area contributed by atoms with Crippen molar-refractivity contribution < 1.29 is 73.2 Å². The van der Waals surface area contributed by atoms with Gasteiger partial charge in [-0.15, -0.1) is 0 Å². The number of carbonyl (C=O) groups excluding carboxylic acids is 6. The number of benzene rings is 9. The molecule has 26 nitrogen and oxygen atoms in total. The maximum Gasteiger partial charge on any atom is 0.315 e. The molecule has 4 aromatic heterocycles. The molecule has 2 aliphatic carbocycles. The second kappa shape index (κ2) is 43.8. The number of nitrogen functional groups attached to an aromatic ring is 2. The van der Waals surface area contributed by atoms with Gasteiger partial charge in [-0.2, -0.15) is 0 Å². The molecule has 2 aliphatic rings. The van der Waals surface area contributed by atoms with E-state index in [0.29, 0.717) is 173 Å². The minimum absolute atomic E-state index is 0. The van der Waals surface area contributed by atoms with Crippen LogP contribution in [0.2, 0.25) is 25.1 Å². The Morgan fingerprint density at radius 2 is 0.723 bits per heavy atom. The lowest BCUT2D eigenvalue weighted by atomic mass is 10.0. The number of fused-ring (bicyclic) bond motifs is 4. The number of aromatic nitrogens is 4. The molecular formula is C88H88Cl5N11O15. The number of anilines is 2. The van der Waals surface area contributed by atoms with Gasteiger partial charge in [0.15, 0.2) is 0 Å². The number of aliphatic hydroxyl groups is 4. The zero-order chi connectivity index (χ0) is 83.4. The van der Waals surface area contributed by atoms with Crippen molar-refractivity contribution in [1.82, 2.24) is 19.9 Å². The number of para-hydroxylation sites is 1. The number of esters is 1. The first-order valence-electron chi connectivity index (χ1n) is 35.5. The third-order valence-corrected chi connectivity index (χ3v) is 19.3. The molecule has 15 rings (SSSR count). The summed E-state index contributed by atoms with van der Waals surface area (Å²) in [5.41, 5.74) is 44.9. The van der Waals surface area contributed by atoms with Gasteiger partial charge < -0.3 is 84.6 Å². The molecule has 0 aliphatic heterocycles. The topological polar surface area (TPSA) is 474 Å². The Kier molecular flexibility index (Phi) is 34.5. The van der Waals surface area contributed by atoms with E-state index < -0.39 is 29.6 Å². The number of primary amides is 4. The number of carbonyl (C=O) groups is 6. The highest BCUT2D eigenvalue weighted by molar-refractivity contribution is 6.35. The Bertz CT molecular complexity index is 5850. The molecule has 31 heteroatoms. The van der Waals surface area contributed by atoms with Gasteiger partial charge in [0.05, 0.1) is 81.4 Å². The second-order valence-corrected chi connectivity index (χ2v) is 28.3. The predicted molar refractivity (Wildman–Crippen MR) is 465 cm³/mol. The molecule has 9 aromatic carbocycles. The highest BCUT2D eigenvalue weighted by Crippen LogP contribution is 2.39. The summed E-state index contributed by atoms with van der Waals surface area (Å²) in [6, 6.07) is 48.2. The predicted octanol–water partition coefficient (Wildman–Crippen LogP) is 16.6. The van der Waals surface area contributed by atoms with Crippen molar-refractivity contribution in [3.05, 3.63) is 281 Å². The fraction of sp³-hybridized carbons (Fsp3) is 0.182. The molecule has 0 bridgehead atoms. The highest BCUT2D eigenvalue weighted by Gasteiger charge is 2.25. The minimum Gasteiger partial charge on any atom is -0.508 e. The summed E-state index contributed by atoms with van der Waals surface area (Å²) in [6.07, 6.45) is 12.0. The number of ether oxygens (including phenoxy) is 4. The zero-order valence-electron chi connectivity index (χ0n) is 61.5. The summed E-state index contributed by atoms with van der Waals surface area (Å²) in [5.74, 6) is 1.19. The number of Topliss-reactive ketones (excluding diaryl/α,β-unsaturated/α-hetero) is 1. The standard InChI is InChI=1S/C25H19ClN2O5.C23H21ClN2O4.C17H14ClN3O3.C11H9ClN2O2.C6H6ClNO.C3H7N.3CH4/c26-21-12-18(7-6-15(21)11-24(30)33-17-4-2-1-3-5-17)32-23-8-9-28-22-10-16(14-29)19(25(27)31)13-20(22)23;24-20-10-17(4-3-14(20)8-16(28)7-13-1-2-13)30-22-5-6-26-21-9-15(12-27)18(23(25)29)11-19(21)22;18-13-6-10(1-2-14(13)19)24-16-3-4-21-15-5-9(8-22)11(17(20)23)7-12(15)16;12-9-1-2-14-10-3-6(5-15)7(11(13)16)4-8(9)10;7-5-3-4(9)1-2-6(5)8;4-3-1-2-3;;;/h1-10,12-13,29H,11,14H2,(H2,27,31);3-6,9-11,13,27H,1-2,7-8,12H2,(H2,25,29);1-7,22H,8,19H2,(H2,20,23);1-4,15H,5H2,(H2,13,16);1-3,9H,8H2;3H,1-2,4H2;3*1H4. The number of hydrogen-bond acceptors (Lipinski definition) is 22. The Balaban J connectivity index is 0.000000210. The molecule has 19 N–H and O–H groups in total. The molecule has 0 radical (unpaired) electrons. The smallest absolute Gasteiger partial charge is 0.315 e. The number of ketones is 1. The Labute approximate surface area is 710 Å². The van der Waals surface area contributed by atoms with Gasteiger partial charge in [-0.05, 0) is 198 Å². The van der Waals surface area contributed by atoms with Crippen molar-refractivity contribution in [1.29, 1.82) is 0 Å². The fourth-order valence-electron chi connectivity index (χ4n) is 11.3. The van der Waals surface area contributed by atoms with Crippen LogP contribution < -0.4 is 59.1 Å². The van der Waals surface area contributed by atoms with Gasteiger partial charge >= 0.3 is 5.97 Å². The van der Waals surface area contributed by atoms with Crippen LogP contribution in [-0.2, 0) is 48.9 Å². The number of halogens is 5. The van der Waals surface area contributed by atoms with Gasteiger partial charge in [-0.25, -0.2) is 0 Å². The fourth-order valence-corrected chi connectivity index (χ4v) is 12.3. The van der Waals surface area contributed by atoms with Crippen molar-refractivity contribution in [2.75, 3.05) is 11.5 Å². The average molecular weight is 1720 g/mol. The van der Waals surface area contributed by atoms with Crippen LogP contribution in [0.15, 0.2) is 201 Å². The van der Waals surface area contributed by atoms with Crippen LogP contribution in [0.5, 0.6) is 46.0 Å². The van der Waals surface area contributed by atoms with E-state index in [1.807, 2.05) is 6.07 Å². The summed E-state index contributed by atoms with van der Waals surface area (Å²) >= 11 is 30.3. The number of nitrogens with two attached hydrogens (primary N) is 7. The largest absolute Gasteiger partial charge is 0.508 e. The Hall–Kier alpha value is -12.3. The molecule has 620 valence electrons. The van der Waals surface area contributed by atoms with Crippen molar-refractivity contribution in [3.8, 4) is 46.0 Å². The number of pyridine rings is 4. The zero-order valence-corrected chi connectivity index (χ0v) is 65.3. The summed E-state index contributed by atoms with van der Waals surface area (Å²) in [6.45, 7) is -1.24. The van der Waals surface area contributed by atoms with E-state index >= 15 is 0 Å². The van der Waals surface area contributed by atoms with E-state index in [2.05, 4.69) is 19.9 Å². The number of nitrogens with zero attached hydrogens (tertiary/aromatic N) is 4. The van der Waals surface area contributed by atoms with Crippen LogP contribution in [-0.4, -0.2) is 86.9 Å². The number of aliphatic hydroxyl groups excluding tert-OH is 4. The number of aromatic hydroxyl groups is 1. The summed E-state index contributed by atoms with van der Waals surface area (Å²) in [4.78, 5) is 87.5. The lowest BCUT2D eigenvalue weighted by Gasteiger charge is -2.12. The Morgan fingerprint density at radius 1 is 0.378 bits per heavy atom. The minimum atomic E-state index is -0.662. The van der Waals surface area contributed by atoms with Gasteiger partial charge in [-0.1, -0.05) is 111 Å². The van der Waals surface area contributed by atoms with Crippen molar-refractivity contribution in [3.63, 3.8) is 0 Å². The summed E-state index contributed by atoms with van der Waals surface area (Å²) in [7, 11) is 0. The van der Waals surface area contributed by atoms with Gasteiger partial charge in [0, 0.05) is 110 Å². The first-order chi connectivity index (χ1) is 55.6. The lowest BCUT2D eigenvalue weighted by molar-refractivity contribution is -0.133.